The first kappa shape index (κ1) is 22.2. The number of nitrogens with zero attached hydrogens (tertiary/aromatic N) is 7. The minimum atomic E-state index is -0.335. The third-order valence-electron chi connectivity index (χ3n) is 5.96. The average Bonchev–Trinajstić information content (AvgIpc) is 3.14. The fourth-order valence-corrected chi connectivity index (χ4v) is 4.58. The smallest absolute Gasteiger partial charge is 0.285 e. The highest BCUT2D eigenvalue weighted by molar-refractivity contribution is 7.59. The number of ketones is 1. The Hall–Kier alpha value is -3.64. The molecule has 3 N–H and O–H groups in total. The number of carbonyl (C=O) groups is 1. The summed E-state index contributed by atoms with van der Waals surface area (Å²) < 4.78 is 2.95. The molecule has 174 valence electrons. The molecule has 0 amide bonds. The van der Waals surface area contributed by atoms with Crippen LogP contribution < -0.4 is 21.5 Å². The molecule has 6 heterocycles. The molecule has 4 aromatic rings. The maximum absolute atomic E-state index is 13.5. The van der Waals surface area contributed by atoms with Crippen molar-refractivity contribution >= 4 is 54.0 Å². The van der Waals surface area contributed by atoms with Crippen molar-refractivity contribution in [1.82, 2.24) is 29.1 Å². The van der Waals surface area contributed by atoms with Gasteiger partial charge in [0.25, 0.3) is 5.56 Å². The number of fused-ring (bicyclic) bond motifs is 2. The Morgan fingerprint density at radius 2 is 2.03 bits per heavy atom. The molecule has 0 spiro atoms. The van der Waals surface area contributed by atoms with Crippen LogP contribution in [0.4, 0.5) is 17.6 Å². The van der Waals surface area contributed by atoms with Crippen molar-refractivity contribution in [2.75, 3.05) is 29.0 Å². The van der Waals surface area contributed by atoms with Crippen molar-refractivity contribution in [3.63, 3.8) is 0 Å². The molecule has 2 aliphatic heterocycles. The van der Waals surface area contributed by atoms with Gasteiger partial charge in [-0.15, -0.1) is 0 Å². The Balaban J connectivity index is 0.00000241. The van der Waals surface area contributed by atoms with Crippen LogP contribution in [0.2, 0.25) is 5.02 Å². The molecule has 0 saturated carbocycles. The zero-order valence-electron chi connectivity index (χ0n) is 17.8. The van der Waals surface area contributed by atoms with E-state index in [0.717, 1.165) is 0 Å². The lowest BCUT2D eigenvalue weighted by Gasteiger charge is -2.42. The second-order valence-corrected chi connectivity index (χ2v) is 8.28. The number of nitrogens with one attached hydrogen (secondary N) is 1. The molecule has 34 heavy (non-hydrogen) atoms. The van der Waals surface area contributed by atoms with Crippen LogP contribution in [0.25, 0.3) is 11.3 Å². The first-order valence-corrected chi connectivity index (χ1v) is 10.8. The number of carbonyl (C=O) groups excluding carboxylic acids is 1. The van der Waals surface area contributed by atoms with E-state index in [1.165, 1.54) is 9.08 Å². The Morgan fingerprint density at radius 3 is 2.76 bits per heavy atom. The highest BCUT2D eigenvalue weighted by Crippen LogP contribution is 2.40. The van der Waals surface area contributed by atoms with Crippen molar-refractivity contribution in [3.8, 4) is 5.82 Å². The highest BCUT2D eigenvalue weighted by Gasteiger charge is 2.39. The Kier molecular flexibility index (Phi) is 5.41. The molecule has 0 aromatic carbocycles. The SMILES string of the molecule is Nc1nc2c(c(N3CC[C@H]3c3nn4ccc(Cl)c4c(=O)n3-c3ccccn3)n1)C(=O)CCN2.S. The van der Waals surface area contributed by atoms with Crippen LogP contribution in [0.3, 0.4) is 0 Å². The predicted molar refractivity (Wildman–Crippen MR) is 133 cm³/mol. The summed E-state index contributed by atoms with van der Waals surface area (Å²) >= 11 is 6.27. The number of aromatic nitrogens is 6. The summed E-state index contributed by atoms with van der Waals surface area (Å²) in [6.07, 6.45) is 4.29. The lowest BCUT2D eigenvalue weighted by molar-refractivity contribution is 0.0983. The second kappa shape index (κ2) is 8.29. The van der Waals surface area contributed by atoms with E-state index in [1.807, 2.05) is 4.90 Å². The fourth-order valence-electron chi connectivity index (χ4n) is 4.36. The van der Waals surface area contributed by atoms with Crippen molar-refractivity contribution in [2.45, 2.75) is 18.9 Å². The van der Waals surface area contributed by atoms with E-state index in [2.05, 4.69) is 20.3 Å². The molecule has 0 bridgehead atoms. The van der Waals surface area contributed by atoms with Gasteiger partial charge in [-0.2, -0.15) is 28.6 Å². The zero-order chi connectivity index (χ0) is 22.7. The van der Waals surface area contributed by atoms with Gasteiger partial charge in [-0.1, -0.05) is 17.7 Å². The molecule has 1 saturated heterocycles. The fraction of sp³-hybridized carbons (Fsp3) is 0.238. The zero-order valence-corrected chi connectivity index (χ0v) is 19.5. The Morgan fingerprint density at radius 1 is 1.18 bits per heavy atom. The van der Waals surface area contributed by atoms with E-state index in [0.29, 0.717) is 59.8 Å². The van der Waals surface area contributed by atoms with Crippen LogP contribution >= 0.6 is 25.1 Å². The number of Topliss-reactive ketones (excluding diaryl/α,β-unsaturated/α-hetero) is 1. The lowest BCUT2D eigenvalue weighted by atomic mass is 9.98. The number of halogens is 1. The summed E-state index contributed by atoms with van der Waals surface area (Å²) in [5, 5.41) is 8.16. The number of pyridine rings is 1. The topological polar surface area (TPSA) is 136 Å². The van der Waals surface area contributed by atoms with Gasteiger partial charge in [0.2, 0.25) is 5.95 Å². The lowest BCUT2D eigenvalue weighted by Crippen LogP contribution is -2.46. The molecule has 6 rings (SSSR count). The summed E-state index contributed by atoms with van der Waals surface area (Å²) in [6.45, 7) is 1.11. The van der Waals surface area contributed by atoms with Crippen LogP contribution in [0, 0.1) is 0 Å². The number of rotatable bonds is 3. The van der Waals surface area contributed by atoms with Crippen LogP contribution in [-0.2, 0) is 0 Å². The molecule has 1 atom stereocenters. The molecule has 2 aliphatic rings. The molecular weight excluding hydrogens is 478 g/mol. The van der Waals surface area contributed by atoms with Gasteiger partial charge in [0.05, 0.1) is 11.1 Å². The van der Waals surface area contributed by atoms with E-state index in [9.17, 15) is 9.59 Å². The van der Waals surface area contributed by atoms with E-state index < -0.39 is 0 Å². The number of nitrogen functional groups attached to an aromatic ring is 1. The van der Waals surface area contributed by atoms with Gasteiger partial charge in [-0.25, -0.2) is 14.1 Å². The molecule has 0 radical (unpaired) electrons. The summed E-state index contributed by atoms with van der Waals surface area (Å²) in [7, 11) is 0. The standard InChI is InChI=1S/C21H18ClN9O2.H2S/c22-11-5-10-30-16(11)20(33)31(14-3-1-2-7-24-14)18(28-30)12-6-9-29(12)19-15-13(32)4-8-25-17(15)26-21(23)27-19;/h1-3,5,7,10,12H,4,6,8-9H2,(H3,23,25,26,27);1H2/t12-;/m0./s1. The van der Waals surface area contributed by atoms with Gasteiger partial charge in [0.15, 0.2) is 11.6 Å². The molecular formula is C21H20ClN9O2S. The number of hydrogen-bond donors (Lipinski definition) is 2. The monoisotopic (exact) mass is 497 g/mol. The predicted octanol–water partition coefficient (Wildman–Crippen LogP) is 1.97. The van der Waals surface area contributed by atoms with Gasteiger partial charge in [-0.05, 0) is 24.6 Å². The van der Waals surface area contributed by atoms with E-state index in [-0.39, 0.29) is 42.3 Å². The summed E-state index contributed by atoms with van der Waals surface area (Å²) in [4.78, 5) is 41.1. The van der Waals surface area contributed by atoms with Gasteiger partial charge < -0.3 is 16.0 Å². The minimum Gasteiger partial charge on any atom is -0.369 e. The number of hydrogen-bond acceptors (Lipinski definition) is 9. The number of anilines is 3. The molecule has 1 fully saturated rings. The first-order valence-electron chi connectivity index (χ1n) is 10.5. The van der Waals surface area contributed by atoms with Crippen molar-refractivity contribution < 1.29 is 4.79 Å². The highest BCUT2D eigenvalue weighted by atomic mass is 35.5. The molecule has 0 aliphatic carbocycles. The van der Waals surface area contributed by atoms with E-state index >= 15 is 0 Å². The normalized spacial score (nSPS) is 17.0. The summed E-state index contributed by atoms with van der Waals surface area (Å²) in [5.41, 5.74) is 6.30. The maximum atomic E-state index is 13.5. The molecule has 4 aromatic heterocycles. The van der Waals surface area contributed by atoms with Crippen LogP contribution in [0.5, 0.6) is 0 Å². The van der Waals surface area contributed by atoms with Gasteiger partial charge in [0.1, 0.15) is 28.5 Å². The Labute approximate surface area is 205 Å². The maximum Gasteiger partial charge on any atom is 0.285 e. The van der Waals surface area contributed by atoms with Crippen LogP contribution in [-0.4, -0.2) is 48.0 Å². The van der Waals surface area contributed by atoms with Gasteiger partial charge >= 0.3 is 0 Å². The Bertz CT molecular complexity index is 1490. The second-order valence-electron chi connectivity index (χ2n) is 7.87. The molecule has 0 unspecified atom stereocenters. The molecule has 11 nitrogen and oxygen atoms in total. The quantitative estimate of drug-likeness (QED) is 0.435. The average molecular weight is 498 g/mol. The van der Waals surface area contributed by atoms with Crippen LogP contribution in [0.1, 0.15) is 35.1 Å². The van der Waals surface area contributed by atoms with Gasteiger partial charge in [0, 0.05) is 31.9 Å². The third kappa shape index (κ3) is 3.29. The number of nitrogens with two attached hydrogens (primary N) is 1. The van der Waals surface area contributed by atoms with Crippen molar-refractivity contribution in [1.29, 1.82) is 0 Å². The van der Waals surface area contributed by atoms with Crippen molar-refractivity contribution in [2.24, 2.45) is 0 Å². The van der Waals surface area contributed by atoms with Gasteiger partial charge in [-0.3, -0.25) is 9.59 Å². The van der Waals surface area contributed by atoms with E-state index in [1.54, 1.807) is 36.7 Å². The summed E-state index contributed by atoms with van der Waals surface area (Å²) in [5.74, 6) is 1.79. The van der Waals surface area contributed by atoms with Crippen LogP contribution in [0.15, 0.2) is 41.5 Å². The summed E-state index contributed by atoms with van der Waals surface area (Å²) in [6, 6.07) is 6.60. The minimum absolute atomic E-state index is 0. The third-order valence-corrected chi connectivity index (χ3v) is 6.27. The van der Waals surface area contributed by atoms with E-state index in [4.69, 9.17) is 22.4 Å². The molecule has 13 heteroatoms. The largest absolute Gasteiger partial charge is 0.369 e. The van der Waals surface area contributed by atoms with Crippen molar-refractivity contribution in [3.05, 3.63) is 63.4 Å². The first-order chi connectivity index (χ1) is 16.0.